The Hall–Kier alpha value is -1.52. The first-order valence-electron chi connectivity index (χ1n) is 3.02. The van der Waals surface area contributed by atoms with Crippen LogP contribution in [0.1, 0.15) is 13.8 Å². The maximum absolute atomic E-state index is 10.6. The summed E-state index contributed by atoms with van der Waals surface area (Å²) in [5.74, 6) is 0. The van der Waals surface area contributed by atoms with E-state index in [1.807, 2.05) is 19.2 Å². The van der Waals surface area contributed by atoms with Crippen molar-refractivity contribution < 1.29 is 9.59 Å². The van der Waals surface area contributed by atoms with Crippen LogP contribution in [0.3, 0.4) is 0 Å². The molecule has 11 heavy (non-hydrogen) atoms. The maximum atomic E-state index is 10.6. The van der Waals surface area contributed by atoms with E-state index in [4.69, 9.17) is 0 Å². The molecule has 0 aromatic rings. The van der Waals surface area contributed by atoms with Gasteiger partial charge in [-0.3, -0.25) is 5.32 Å². The number of carbonyl (C=O) groups is 2. The number of imide groups is 1. The first-order chi connectivity index (χ1) is 5.02. The van der Waals surface area contributed by atoms with Gasteiger partial charge in [0.05, 0.1) is 0 Å². The minimum atomic E-state index is -0.871. The molecule has 0 rings (SSSR count). The van der Waals surface area contributed by atoms with Crippen LogP contribution in [0.5, 0.6) is 0 Å². The number of urea groups is 2. The molecule has 0 fully saturated rings. The Labute approximate surface area is 64.6 Å². The lowest BCUT2D eigenvalue weighted by Gasteiger charge is -1.98. The molecule has 0 saturated heterocycles. The van der Waals surface area contributed by atoms with E-state index in [1.54, 1.807) is 0 Å². The Morgan fingerprint density at radius 3 is 2.27 bits per heavy atom. The number of hydrogen-bond acceptors (Lipinski definition) is 2. The van der Waals surface area contributed by atoms with Crippen LogP contribution in [0.15, 0.2) is 11.8 Å². The first kappa shape index (κ1) is 9.48. The molecule has 5 heteroatoms. The number of rotatable bonds is 1. The Morgan fingerprint density at radius 1 is 1.36 bits per heavy atom. The number of carbonyl (C=O) groups excluding carboxylic acids is 2. The smallest absolute Gasteiger partial charge is 0.326 e. The Kier molecular flexibility index (Phi) is 3.72. The zero-order valence-corrected chi connectivity index (χ0v) is 6.47. The van der Waals surface area contributed by atoms with Crippen molar-refractivity contribution in [2.24, 2.45) is 5.73 Å². The molecule has 0 unspecified atom stereocenters. The summed E-state index contributed by atoms with van der Waals surface area (Å²) in [7, 11) is 0. The number of nitrogens with one attached hydrogen (secondary N) is 2. The van der Waals surface area contributed by atoms with Gasteiger partial charge < -0.3 is 11.1 Å². The van der Waals surface area contributed by atoms with E-state index < -0.39 is 12.1 Å². The molecule has 0 aliphatic carbocycles. The van der Waals surface area contributed by atoms with E-state index in [2.05, 4.69) is 11.1 Å². The van der Waals surface area contributed by atoms with Crippen molar-refractivity contribution >= 4 is 12.1 Å². The summed E-state index contributed by atoms with van der Waals surface area (Å²) in [5.41, 5.74) is 5.59. The highest BCUT2D eigenvalue weighted by Gasteiger charge is 1.98. The van der Waals surface area contributed by atoms with Crippen LogP contribution >= 0.6 is 0 Å². The Morgan fingerprint density at radius 2 is 1.91 bits per heavy atom. The van der Waals surface area contributed by atoms with Crippen LogP contribution < -0.4 is 16.4 Å². The third-order valence-corrected chi connectivity index (χ3v) is 0.729. The Balaban J connectivity index is 3.71. The van der Waals surface area contributed by atoms with Gasteiger partial charge >= 0.3 is 12.1 Å². The lowest BCUT2D eigenvalue weighted by molar-refractivity contribution is 0.233. The fourth-order valence-electron chi connectivity index (χ4n) is 0.358. The second kappa shape index (κ2) is 4.32. The zero-order chi connectivity index (χ0) is 8.85. The SMILES string of the molecule is CC(C)=CNC(=O)NC(N)=O. The standard InChI is InChI=1S/C6H11N3O2/c1-4(2)3-8-6(11)9-5(7)10/h3H,1-2H3,(H4,7,8,9,10,11). The summed E-state index contributed by atoms with van der Waals surface area (Å²) in [6.07, 6.45) is 1.47. The van der Waals surface area contributed by atoms with Crippen LogP contribution in [0.25, 0.3) is 0 Å². The number of allylic oxidation sites excluding steroid dienone is 1. The summed E-state index contributed by atoms with van der Waals surface area (Å²) in [6, 6.07) is -1.50. The van der Waals surface area contributed by atoms with Gasteiger partial charge in [0.2, 0.25) is 0 Å². The van der Waals surface area contributed by atoms with Gasteiger partial charge in [-0.05, 0) is 13.8 Å². The summed E-state index contributed by atoms with van der Waals surface area (Å²) in [4.78, 5) is 20.7. The molecule has 0 atom stereocenters. The summed E-state index contributed by atoms with van der Waals surface area (Å²) >= 11 is 0. The van der Waals surface area contributed by atoms with Crippen molar-refractivity contribution in [1.82, 2.24) is 10.6 Å². The van der Waals surface area contributed by atoms with Gasteiger partial charge in [0.1, 0.15) is 0 Å². The first-order valence-corrected chi connectivity index (χ1v) is 3.02. The van der Waals surface area contributed by atoms with E-state index in [9.17, 15) is 9.59 Å². The minimum Gasteiger partial charge on any atom is -0.351 e. The maximum Gasteiger partial charge on any atom is 0.326 e. The van der Waals surface area contributed by atoms with E-state index in [-0.39, 0.29) is 0 Å². The summed E-state index contributed by atoms with van der Waals surface area (Å²) < 4.78 is 0. The van der Waals surface area contributed by atoms with Gasteiger partial charge in [0.15, 0.2) is 0 Å². The topological polar surface area (TPSA) is 84.2 Å². The lowest BCUT2D eigenvalue weighted by Crippen LogP contribution is -2.40. The lowest BCUT2D eigenvalue weighted by atomic mass is 10.4. The van der Waals surface area contributed by atoms with E-state index in [0.717, 1.165) is 5.57 Å². The number of primary amides is 1. The van der Waals surface area contributed by atoms with E-state index in [0.29, 0.717) is 0 Å². The van der Waals surface area contributed by atoms with Gasteiger partial charge in [-0.15, -0.1) is 0 Å². The normalized spacial score (nSPS) is 8.18. The molecule has 0 saturated carbocycles. The third-order valence-electron chi connectivity index (χ3n) is 0.729. The molecule has 0 heterocycles. The molecular formula is C6H11N3O2. The van der Waals surface area contributed by atoms with Crippen LogP contribution in [-0.4, -0.2) is 12.1 Å². The van der Waals surface area contributed by atoms with Crippen LogP contribution in [0.4, 0.5) is 9.59 Å². The van der Waals surface area contributed by atoms with Gasteiger partial charge in [0, 0.05) is 6.20 Å². The van der Waals surface area contributed by atoms with Crippen molar-refractivity contribution in [2.45, 2.75) is 13.8 Å². The highest BCUT2D eigenvalue weighted by Crippen LogP contribution is 1.82. The largest absolute Gasteiger partial charge is 0.351 e. The quantitative estimate of drug-likeness (QED) is 0.511. The van der Waals surface area contributed by atoms with Crippen molar-refractivity contribution in [3.8, 4) is 0 Å². The van der Waals surface area contributed by atoms with E-state index >= 15 is 0 Å². The Bertz CT molecular complexity index is 194. The molecular weight excluding hydrogens is 146 g/mol. The summed E-state index contributed by atoms with van der Waals surface area (Å²) in [5, 5.41) is 4.14. The fourth-order valence-corrected chi connectivity index (χ4v) is 0.358. The highest BCUT2D eigenvalue weighted by atomic mass is 16.2. The van der Waals surface area contributed by atoms with Crippen molar-refractivity contribution in [2.75, 3.05) is 0 Å². The fraction of sp³-hybridized carbons (Fsp3) is 0.333. The predicted molar refractivity (Wildman–Crippen MR) is 40.7 cm³/mol. The second-order valence-electron chi connectivity index (χ2n) is 2.18. The monoisotopic (exact) mass is 157 g/mol. The number of amides is 4. The average molecular weight is 157 g/mol. The van der Waals surface area contributed by atoms with Crippen LogP contribution in [0, 0.1) is 0 Å². The molecule has 5 nitrogen and oxygen atoms in total. The molecule has 4 N–H and O–H groups in total. The van der Waals surface area contributed by atoms with Crippen molar-refractivity contribution in [3.05, 3.63) is 11.8 Å². The van der Waals surface area contributed by atoms with Crippen LogP contribution in [0.2, 0.25) is 0 Å². The molecule has 0 aliphatic rings. The molecule has 62 valence electrons. The molecule has 0 radical (unpaired) electrons. The second-order valence-corrected chi connectivity index (χ2v) is 2.18. The molecule has 0 aliphatic heterocycles. The number of nitrogens with two attached hydrogens (primary N) is 1. The molecule has 0 spiro atoms. The van der Waals surface area contributed by atoms with Gasteiger partial charge in [-0.2, -0.15) is 0 Å². The van der Waals surface area contributed by atoms with Crippen molar-refractivity contribution in [1.29, 1.82) is 0 Å². The summed E-state index contributed by atoms with van der Waals surface area (Å²) in [6.45, 7) is 3.62. The van der Waals surface area contributed by atoms with Gasteiger partial charge in [-0.25, -0.2) is 9.59 Å². The minimum absolute atomic E-state index is 0.626. The predicted octanol–water partition coefficient (Wildman–Crippen LogP) is 0.288. The highest BCUT2D eigenvalue weighted by molar-refractivity contribution is 5.92. The number of hydrogen-bond donors (Lipinski definition) is 3. The zero-order valence-electron chi connectivity index (χ0n) is 6.47. The molecule has 0 aromatic heterocycles. The van der Waals surface area contributed by atoms with Crippen molar-refractivity contribution in [3.63, 3.8) is 0 Å². The van der Waals surface area contributed by atoms with Crippen LogP contribution in [-0.2, 0) is 0 Å². The average Bonchev–Trinajstić information content (AvgIpc) is 1.82. The molecule has 0 bridgehead atoms. The molecule has 4 amide bonds. The third kappa shape index (κ3) is 6.36. The molecule has 0 aromatic carbocycles. The van der Waals surface area contributed by atoms with Gasteiger partial charge in [0.25, 0.3) is 0 Å². The van der Waals surface area contributed by atoms with E-state index in [1.165, 1.54) is 6.20 Å². The van der Waals surface area contributed by atoms with Gasteiger partial charge in [-0.1, -0.05) is 5.57 Å².